The van der Waals surface area contributed by atoms with Gasteiger partial charge in [0.1, 0.15) is 0 Å². The summed E-state index contributed by atoms with van der Waals surface area (Å²) in [7, 11) is 0. The van der Waals surface area contributed by atoms with Crippen LogP contribution in [0.2, 0.25) is 5.02 Å². The first-order valence-corrected chi connectivity index (χ1v) is 10.7. The van der Waals surface area contributed by atoms with Crippen molar-refractivity contribution in [1.29, 1.82) is 0 Å². The van der Waals surface area contributed by atoms with Gasteiger partial charge >= 0.3 is 0 Å². The Kier molecular flexibility index (Phi) is 8.04. The first-order chi connectivity index (χ1) is 12.7. The summed E-state index contributed by atoms with van der Waals surface area (Å²) in [6.45, 7) is 5.54. The predicted octanol–water partition coefficient (Wildman–Crippen LogP) is 6.42. The molecule has 26 heavy (non-hydrogen) atoms. The molecule has 3 heteroatoms. The molecular weight excluding hydrogens is 344 g/mol. The third-order valence-corrected chi connectivity index (χ3v) is 6.30. The Morgan fingerprint density at radius 2 is 1.65 bits per heavy atom. The zero-order chi connectivity index (χ0) is 18.2. The number of aryl methyl sites for hydroxylation is 1. The van der Waals surface area contributed by atoms with Gasteiger partial charge in [-0.25, -0.2) is 0 Å². The molecule has 144 valence electrons. The molecule has 0 spiro atoms. The number of allylic oxidation sites excluding steroid dienone is 1. The predicted molar refractivity (Wildman–Crippen MR) is 108 cm³/mol. The van der Waals surface area contributed by atoms with Gasteiger partial charge in [0.2, 0.25) is 0 Å². The van der Waals surface area contributed by atoms with Crippen molar-refractivity contribution in [2.45, 2.75) is 64.1 Å². The van der Waals surface area contributed by atoms with Crippen LogP contribution in [0.4, 0.5) is 0 Å². The van der Waals surface area contributed by atoms with Crippen molar-refractivity contribution >= 4 is 11.6 Å². The topological polar surface area (TPSA) is 18.5 Å². The fourth-order valence-corrected chi connectivity index (χ4v) is 4.44. The van der Waals surface area contributed by atoms with Gasteiger partial charge in [0.25, 0.3) is 0 Å². The molecule has 2 fully saturated rings. The molecule has 1 aromatic carbocycles. The molecule has 1 heterocycles. The highest BCUT2D eigenvalue weighted by Crippen LogP contribution is 2.36. The Hall–Kier alpha value is -0.830. The van der Waals surface area contributed by atoms with E-state index < -0.39 is 0 Å². The SMILES string of the molecule is C=CCCCC1COC(C2CCC(CCc3ccc(Cl)cc3)CC2)OC1. The lowest BCUT2D eigenvalue weighted by Gasteiger charge is -2.37. The highest BCUT2D eigenvalue weighted by Gasteiger charge is 2.32. The maximum atomic E-state index is 6.08. The molecule has 1 saturated heterocycles. The largest absolute Gasteiger partial charge is 0.352 e. The van der Waals surface area contributed by atoms with E-state index in [1.807, 2.05) is 18.2 Å². The standard InChI is InChI=1S/C23H33ClO2/c1-2-3-4-5-20-16-25-23(26-17-20)21-12-8-18(9-13-21)6-7-19-10-14-22(24)15-11-19/h2,10-11,14-15,18,20-21,23H,1,3-9,12-13,16-17H2. The van der Waals surface area contributed by atoms with Gasteiger partial charge in [-0.15, -0.1) is 6.58 Å². The van der Waals surface area contributed by atoms with E-state index >= 15 is 0 Å². The van der Waals surface area contributed by atoms with Gasteiger partial charge in [-0.1, -0.05) is 29.8 Å². The van der Waals surface area contributed by atoms with Gasteiger partial charge in [0.05, 0.1) is 13.2 Å². The zero-order valence-corrected chi connectivity index (χ0v) is 16.6. The number of unbranched alkanes of at least 4 members (excludes halogenated alkanes) is 1. The third-order valence-electron chi connectivity index (χ3n) is 6.04. The summed E-state index contributed by atoms with van der Waals surface area (Å²) in [5.41, 5.74) is 1.40. The molecule has 3 rings (SSSR count). The van der Waals surface area contributed by atoms with E-state index in [1.54, 1.807) is 0 Å². The average Bonchev–Trinajstić information content (AvgIpc) is 2.69. The minimum absolute atomic E-state index is 0.0443. The van der Waals surface area contributed by atoms with Crippen LogP contribution in [0.3, 0.4) is 0 Å². The summed E-state index contributed by atoms with van der Waals surface area (Å²) in [5, 5.41) is 0.824. The summed E-state index contributed by atoms with van der Waals surface area (Å²) in [4.78, 5) is 0. The van der Waals surface area contributed by atoms with Crippen molar-refractivity contribution < 1.29 is 9.47 Å². The summed E-state index contributed by atoms with van der Waals surface area (Å²) in [6, 6.07) is 8.30. The van der Waals surface area contributed by atoms with Crippen LogP contribution in [-0.2, 0) is 15.9 Å². The number of benzene rings is 1. The molecule has 0 N–H and O–H groups in total. The first-order valence-electron chi connectivity index (χ1n) is 10.3. The Balaban J connectivity index is 1.32. The number of rotatable bonds is 8. The molecule has 0 aromatic heterocycles. The molecule has 1 aromatic rings. The van der Waals surface area contributed by atoms with Crippen molar-refractivity contribution in [3.63, 3.8) is 0 Å². The first kappa shape index (κ1) is 19.9. The van der Waals surface area contributed by atoms with E-state index in [-0.39, 0.29) is 6.29 Å². The third kappa shape index (κ3) is 6.11. The number of hydrogen-bond acceptors (Lipinski definition) is 2. The fraction of sp³-hybridized carbons (Fsp3) is 0.652. The molecule has 0 atom stereocenters. The summed E-state index contributed by atoms with van der Waals surface area (Å²) in [5.74, 6) is 2.01. The lowest BCUT2D eigenvalue weighted by atomic mass is 9.79. The van der Waals surface area contributed by atoms with E-state index in [2.05, 4.69) is 18.7 Å². The minimum Gasteiger partial charge on any atom is -0.352 e. The van der Waals surface area contributed by atoms with Crippen LogP contribution in [0.1, 0.15) is 56.9 Å². The van der Waals surface area contributed by atoms with Gasteiger partial charge in [0.15, 0.2) is 6.29 Å². The second kappa shape index (κ2) is 10.5. The van der Waals surface area contributed by atoms with Crippen molar-refractivity contribution in [2.24, 2.45) is 17.8 Å². The molecule has 2 nitrogen and oxygen atoms in total. The Labute approximate surface area is 163 Å². The monoisotopic (exact) mass is 376 g/mol. The minimum atomic E-state index is 0.0443. The maximum Gasteiger partial charge on any atom is 0.160 e. The Bertz CT molecular complexity index is 526. The van der Waals surface area contributed by atoms with Crippen LogP contribution in [-0.4, -0.2) is 19.5 Å². The van der Waals surface area contributed by atoms with Crippen molar-refractivity contribution in [1.82, 2.24) is 0 Å². The fourth-order valence-electron chi connectivity index (χ4n) is 4.32. The highest BCUT2D eigenvalue weighted by atomic mass is 35.5. The molecule has 0 bridgehead atoms. The second-order valence-electron chi connectivity index (χ2n) is 8.07. The maximum absolute atomic E-state index is 6.08. The lowest BCUT2D eigenvalue weighted by molar-refractivity contribution is -0.230. The molecule has 1 aliphatic carbocycles. The number of hydrogen-bond donors (Lipinski definition) is 0. The molecule has 2 aliphatic rings. The van der Waals surface area contributed by atoms with Crippen LogP contribution >= 0.6 is 11.6 Å². The molecule has 0 radical (unpaired) electrons. The van der Waals surface area contributed by atoms with Gasteiger partial charge in [-0.3, -0.25) is 0 Å². The molecule has 0 amide bonds. The molecule has 1 aliphatic heterocycles. The molecule has 0 unspecified atom stereocenters. The van der Waals surface area contributed by atoms with Crippen molar-refractivity contribution in [2.75, 3.05) is 13.2 Å². The van der Waals surface area contributed by atoms with Crippen LogP contribution < -0.4 is 0 Å². The van der Waals surface area contributed by atoms with Gasteiger partial charge in [-0.2, -0.15) is 0 Å². The van der Waals surface area contributed by atoms with Crippen LogP contribution in [0, 0.1) is 17.8 Å². The Morgan fingerprint density at radius 1 is 0.962 bits per heavy atom. The van der Waals surface area contributed by atoms with E-state index in [0.717, 1.165) is 37.0 Å². The van der Waals surface area contributed by atoms with E-state index in [1.165, 1.54) is 50.5 Å². The van der Waals surface area contributed by atoms with Crippen molar-refractivity contribution in [3.8, 4) is 0 Å². The lowest BCUT2D eigenvalue weighted by Crippen LogP contribution is -2.38. The summed E-state index contributed by atoms with van der Waals surface area (Å²) >= 11 is 5.96. The molecule has 1 saturated carbocycles. The van der Waals surface area contributed by atoms with Gasteiger partial charge in [0, 0.05) is 16.9 Å². The molecular formula is C23H33ClO2. The van der Waals surface area contributed by atoms with Gasteiger partial charge < -0.3 is 9.47 Å². The van der Waals surface area contributed by atoms with E-state index in [9.17, 15) is 0 Å². The smallest absolute Gasteiger partial charge is 0.160 e. The number of halogens is 1. The van der Waals surface area contributed by atoms with E-state index in [0.29, 0.717) is 11.8 Å². The zero-order valence-electron chi connectivity index (χ0n) is 15.9. The van der Waals surface area contributed by atoms with E-state index in [4.69, 9.17) is 21.1 Å². The number of ether oxygens (including phenoxy) is 2. The summed E-state index contributed by atoms with van der Waals surface area (Å²) < 4.78 is 12.2. The highest BCUT2D eigenvalue weighted by molar-refractivity contribution is 6.30. The summed E-state index contributed by atoms with van der Waals surface area (Å²) in [6.07, 6.45) is 13.1. The van der Waals surface area contributed by atoms with Gasteiger partial charge in [-0.05, 0) is 81.4 Å². The van der Waals surface area contributed by atoms with Crippen LogP contribution in [0.25, 0.3) is 0 Å². The van der Waals surface area contributed by atoms with Crippen molar-refractivity contribution in [3.05, 3.63) is 47.5 Å². The normalized spacial score (nSPS) is 29.4. The van der Waals surface area contributed by atoms with Crippen LogP contribution in [0.5, 0.6) is 0 Å². The van der Waals surface area contributed by atoms with Crippen LogP contribution in [0.15, 0.2) is 36.9 Å². The average molecular weight is 377 g/mol. The Morgan fingerprint density at radius 3 is 2.31 bits per heavy atom. The quantitative estimate of drug-likeness (QED) is 0.384. The second-order valence-corrected chi connectivity index (χ2v) is 8.50.